The minimum absolute atomic E-state index is 0.137. The molecule has 154 valence electrons. The van der Waals surface area contributed by atoms with Crippen LogP contribution in [0.4, 0.5) is 5.95 Å². The Morgan fingerprint density at radius 3 is 2.79 bits per heavy atom. The van der Waals surface area contributed by atoms with E-state index in [1.807, 2.05) is 18.2 Å². The molecule has 0 unspecified atom stereocenters. The van der Waals surface area contributed by atoms with Gasteiger partial charge in [0.15, 0.2) is 0 Å². The molecule has 3 N–H and O–H groups in total. The Labute approximate surface area is 168 Å². The predicted octanol–water partition coefficient (Wildman–Crippen LogP) is 2.25. The molecule has 0 atom stereocenters. The smallest absolute Gasteiger partial charge is 0.223 e. The van der Waals surface area contributed by atoms with Gasteiger partial charge in [-0.15, -0.1) is 0 Å². The second kappa shape index (κ2) is 8.22. The van der Waals surface area contributed by atoms with Gasteiger partial charge in [-0.2, -0.15) is 4.98 Å². The summed E-state index contributed by atoms with van der Waals surface area (Å²) in [6.45, 7) is 1.96. The number of nitrogens with zero attached hydrogens (tertiary/aromatic N) is 3. The molecular weight excluding hydrogens is 376 g/mol. The van der Waals surface area contributed by atoms with Gasteiger partial charge in [0.05, 0.1) is 18.0 Å². The number of hydrogen-bond donors (Lipinski definition) is 2. The average Bonchev–Trinajstić information content (AvgIpc) is 2.77. The van der Waals surface area contributed by atoms with Gasteiger partial charge < -0.3 is 29.9 Å². The molecule has 4 rings (SSSR count). The Morgan fingerprint density at radius 1 is 1.21 bits per heavy atom. The quantitative estimate of drug-likeness (QED) is 0.579. The molecule has 9 nitrogen and oxygen atoms in total. The highest BCUT2D eigenvalue weighted by molar-refractivity contribution is 6.03. The molecule has 1 fully saturated rings. The van der Waals surface area contributed by atoms with E-state index in [2.05, 4.69) is 15.1 Å². The van der Waals surface area contributed by atoms with Crippen LogP contribution in [0.25, 0.3) is 0 Å². The molecule has 0 radical (unpaired) electrons. The molecule has 1 aromatic carbocycles. The van der Waals surface area contributed by atoms with E-state index in [9.17, 15) is 0 Å². The highest BCUT2D eigenvalue weighted by Crippen LogP contribution is 2.36. The normalized spacial score (nSPS) is 19.4. The second-order valence-corrected chi connectivity index (χ2v) is 7.02. The zero-order valence-corrected chi connectivity index (χ0v) is 16.3. The number of benzene rings is 1. The Bertz CT molecular complexity index is 912. The molecule has 0 aliphatic carbocycles. The molecule has 0 spiro atoms. The zero-order valence-electron chi connectivity index (χ0n) is 16.3. The summed E-state index contributed by atoms with van der Waals surface area (Å²) in [7, 11) is 1.67. The Morgan fingerprint density at radius 2 is 2.03 bits per heavy atom. The monoisotopic (exact) mass is 400 g/mol. The maximum atomic E-state index is 9.12. The van der Waals surface area contributed by atoms with Crippen LogP contribution in [0.1, 0.15) is 36.1 Å². The van der Waals surface area contributed by atoms with Gasteiger partial charge in [0.25, 0.3) is 0 Å². The fourth-order valence-corrected chi connectivity index (χ4v) is 3.68. The molecule has 1 aromatic heterocycles. The first-order valence-electron chi connectivity index (χ1n) is 9.51. The number of anilines is 1. The van der Waals surface area contributed by atoms with Gasteiger partial charge in [-0.3, -0.25) is 0 Å². The number of hydrogen-bond acceptors (Lipinski definition) is 9. The van der Waals surface area contributed by atoms with Gasteiger partial charge in [-0.1, -0.05) is 11.2 Å². The second-order valence-electron chi connectivity index (χ2n) is 7.02. The van der Waals surface area contributed by atoms with E-state index >= 15 is 0 Å². The molecule has 2 aliphatic rings. The molecule has 3 heterocycles. The Kier molecular flexibility index (Phi) is 5.50. The molecule has 9 heteroatoms. The maximum Gasteiger partial charge on any atom is 0.223 e. The molecule has 0 saturated carbocycles. The number of ether oxygens (including phenoxy) is 4. The summed E-state index contributed by atoms with van der Waals surface area (Å²) in [5, 5.41) is 12.5. The number of nitrogen functional groups attached to an aromatic ring is 1. The van der Waals surface area contributed by atoms with Crippen molar-refractivity contribution in [2.75, 3.05) is 32.7 Å². The van der Waals surface area contributed by atoms with E-state index < -0.39 is 5.60 Å². The van der Waals surface area contributed by atoms with Crippen LogP contribution in [0.5, 0.6) is 11.6 Å². The number of rotatable bonds is 5. The van der Waals surface area contributed by atoms with Gasteiger partial charge in [0.2, 0.25) is 11.8 Å². The molecule has 2 aliphatic heterocycles. The number of methoxy groups -OCH3 is 1. The van der Waals surface area contributed by atoms with Crippen molar-refractivity contribution < 1.29 is 24.2 Å². The van der Waals surface area contributed by atoms with E-state index in [1.165, 1.54) is 0 Å². The van der Waals surface area contributed by atoms with E-state index in [4.69, 9.17) is 29.9 Å². The van der Waals surface area contributed by atoms with Crippen molar-refractivity contribution >= 4 is 11.7 Å². The summed E-state index contributed by atoms with van der Waals surface area (Å²) in [4.78, 5) is 8.58. The van der Waals surface area contributed by atoms with Crippen molar-refractivity contribution in [1.29, 1.82) is 0 Å². The first-order valence-corrected chi connectivity index (χ1v) is 9.51. The Balaban J connectivity index is 1.52. The highest BCUT2D eigenvalue weighted by atomic mass is 16.5. The van der Waals surface area contributed by atoms with Crippen molar-refractivity contribution in [3.8, 4) is 11.6 Å². The average molecular weight is 400 g/mol. The first-order chi connectivity index (χ1) is 14.1. The summed E-state index contributed by atoms with van der Waals surface area (Å²) in [5.41, 5.74) is 8.38. The van der Waals surface area contributed by atoms with Gasteiger partial charge in [-0.25, -0.2) is 4.98 Å². The number of fused-ring (bicyclic) bond motifs is 1. The van der Waals surface area contributed by atoms with Crippen LogP contribution in [-0.4, -0.2) is 47.8 Å². The van der Waals surface area contributed by atoms with Crippen molar-refractivity contribution in [3.63, 3.8) is 0 Å². The third-order valence-corrected chi connectivity index (χ3v) is 5.34. The van der Waals surface area contributed by atoms with Gasteiger partial charge in [0, 0.05) is 51.2 Å². The minimum atomic E-state index is -0.549. The van der Waals surface area contributed by atoms with Crippen LogP contribution in [0.2, 0.25) is 0 Å². The SMILES string of the molecule is COC1(c2cc(OCc3ccc4c(c3)OCCC4=NO)nc(N)n2)CCOCC1. The maximum absolute atomic E-state index is 9.12. The van der Waals surface area contributed by atoms with Crippen molar-refractivity contribution in [3.05, 3.63) is 41.1 Å². The Hall–Kier alpha value is -2.91. The molecule has 1 saturated heterocycles. The van der Waals surface area contributed by atoms with Gasteiger partial charge in [-0.05, 0) is 17.7 Å². The summed E-state index contributed by atoms with van der Waals surface area (Å²) in [6, 6.07) is 7.42. The summed E-state index contributed by atoms with van der Waals surface area (Å²) >= 11 is 0. The van der Waals surface area contributed by atoms with Crippen LogP contribution in [-0.2, 0) is 21.7 Å². The minimum Gasteiger partial charge on any atom is -0.492 e. The predicted molar refractivity (Wildman–Crippen MR) is 104 cm³/mol. The van der Waals surface area contributed by atoms with Crippen LogP contribution in [0.15, 0.2) is 29.4 Å². The van der Waals surface area contributed by atoms with Gasteiger partial charge in [0.1, 0.15) is 18.0 Å². The lowest BCUT2D eigenvalue weighted by atomic mass is 9.90. The lowest BCUT2D eigenvalue weighted by molar-refractivity contribution is -0.0974. The topological polar surface area (TPSA) is 121 Å². The van der Waals surface area contributed by atoms with Crippen LogP contribution < -0.4 is 15.2 Å². The standard InChI is InChI=1S/C20H24N4O5/c1-26-20(5-8-27-9-6-20)17-11-18(23-19(21)22-17)29-12-13-2-3-14-15(24-25)4-7-28-16(14)10-13/h2-3,10-11,25H,4-9,12H2,1H3,(H2,21,22,23). The summed E-state index contributed by atoms with van der Waals surface area (Å²) < 4.78 is 22.8. The highest BCUT2D eigenvalue weighted by Gasteiger charge is 2.36. The van der Waals surface area contributed by atoms with Crippen LogP contribution in [0, 0.1) is 0 Å². The van der Waals surface area contributed by atoms with Gasteiger partial charge >= 0.3 is 0 Å². The fourth-order valence-electron chi connectivity index (χ4n) is 3.68. The van der Waals surface area contributed by atoms with E-state index in [1.54, 1.807) is 13.2 Å². The third kappa shape index (κ3) is 3.96. The molecule has 0 bridgehead atoms. The van der Waals surface area contributed by atoms with Crippen LogP contribution in [0.3, 0.4) is 0 Å². The zero-order chi connectivity index (χ0) is 20.3. The van der Waals surface area contributed by atoms with Crippen molar-refractivity contribution in [1.82, 2.24) is 9.97 Å². The molecular formula is C20H24N4O5. The molecule has 2 aromatic rings. The lowest BCUT2D eigenvalue weighted by Crippen LogP contribution is -2.36. The first kappa shape index (κ1) is 19.4. The molecule has 29 heavy (non-hydrogen) atoms. The largest absolute Gasteiger partial charge is 0.492 e. The van der Waals surface area contributed by atoms with E-state index in [0.29, 0.717) is 62.1 Å². The fraction of sp³-hybridized carbons (Fsp3) is 0.450. The number of nitrogens with two attached hydrogens (primary N) is 1. The van der Waals surface area contributed by atoms with Crippen molar-refractivity contribution in [2.45, 2.75) is 31.5 Å². The summed E-state index contributed by atoms with van der Waals surface area (Å²) in [6.07, 6.45) is 1.96. The van der Waals surface area contributed by atoms with Crippen molar-refractivity contribution in [2.24, 2.45) is 5.16 Å². The third-order valence-electron chi connectivity index (χ3n) is 5.34. The van der Waals surface area contributed by atoms with E-state index in [-0.39, 0.29) is 12.6 Å². The lowest BCUT2D eigenvalue weighted by Gasteiger charge is -2.35. The summed E-state index contributed by atoms with van der Waals surface area (Å²) in [5.74, 6) is 1.19. The van der Waals surface area contributed by atoms with E-state index in [0.717, 1.165) is 11.1 Å². The number of aromatic nitrogens is 2. The number of oxime groups is 1. The molecule has 0 amide bonds. The van der Waals surface area contributed by atoms with Crippen LogP contribution >= 0.6 is 0 Å².